The summed E-state index contributed by atoms with van der Waals surface area (Å²) in [5.41, 5.74) is 2.10. The highest BCUT2D eigenvalue weighted by atomic mass is 16.4. The van der Waals surface area contributed by atoms with Gasteiger partial charge in [0.2, 0.25) is 0 Å². The van der Waals surface area contributed by atoms with Crippen LogP contribution in [0.2, 0.25) is 0 Å². The van der Waals surface area contributed by atoms with Crippen molar-refractivity contribution in [1.82, 2.24) is 0 Å². The van der Waals surface area contributed by atoms with Gasteiger partial charge in [-0.3, -0.25) is 0 Å². The number of hydrogen-bond acceptors (Lipinski definition) is 3. The van der Waals surface area contributed by atoms with E-state index in [0.29, 0.717) is 11.3 Å². The second-order valence-corrected chi connectivity index (χ2v) is 4.67. The molecule has 1 rings (SSSR count). The van der Waals surface area contributed by atoms with Crippen LogP contribution in [0.1, 0.15) is 38.8 Å². The van der Waals surface area contributed by atoms with E-state index in [1.54, 1.807) is 13.0 Å². The summed E-state index contributed by atoms with van der Waals surface area (Å²) in [6.45, 7) is 7.93. The Morgan fingerprint density at radius 2 is 1.87 bits per heavy atom. The van der Waals surface area contributed by atoms with Crippen LogP contribution in [0.15, 0.2) is 23.4 Å². The van der Waals surface area contributed by atoms with Crippen molar-refractivity contribution in [2.75, 3.05) is 0 Å². The largest absolute Gasteiger partial charge is 0.507 e. The molecule has 2 N–H and O–H groups in total. The van der Waals surface area contributed by atoms with Gasteiger partial charge in [0.15, 0.2) is 0 Å². The third-order valence-electron chi connectivity index (χ3n) is 2.40. The summed E-state index contributed by atoms with van der Waals surface area (Å²) in [6, 6.07) is 5.36. The summed E-state index contributed by atoms with van der Waals surface area (Å²) >= 11 is 0. The zero-order valence-electron chi connectivity index (χ0n) is 9.57. The molecule has 0 aliphatic carbocycles. The number of aromatic hydroxyl groups is 1. The first kappa shape index (κ1) is 11.6. The van der Waals surface area contributed by atoms with Gasteiger partial charge in [-0.25, -0.2) is 0 Å². The molecule has 15 heavy (non-hydrogen) atoms. The fourth-order valence-corrected chi connectivity index (χ4v) is 1.35. The Hall–Kier alpha value is -1.51. The maximum absolute atomic E-state index is 9.61. The highest BCUT2D eigenvalue weighted by Crippen LogP contribution is 2.27. The maximum Gasteiger partial charge on any atom is 0.124 e. The van der Waals surface area contributed by atoms with E-state index >= 15 is 0 Å². The van der Waals surface area contributed by atoms with E-state index in [9.17, 15) is 5.11 Å². The summed E-state index contributed by atoms with van der Waals surface area (Å²) in [6.07, 6.45) is 0. The molecule has 0 bridgehead atoms. The number of hydrogen-bond donors (Lipinski definition) is 2. The molecule has 0 aliphatic heterocycles. The number of benzene rings is 1. The average Bonchev–Trinajstić information content (AvgIpc) is 2.15. The van der Waals surface area contributed by atoms with E-state index in [-0.39, 0.29) is 11.2 Å². The number of oxime groups is 1. The quantitative estimate of drug-likeness (QED) is 0.422. The minimum Gasteiger partial charge on any atom is -0.507 e. The fourth-order valence-electron chi connectivity index (χ4n) is 1.35. The van der Waals surface area contributed by atoms with Gasteiger partial charge in [-0.2, -0.15) is 0 Å². The first-order valence-electron chi connectivity index (χ1n) is 4.89. The Morgan fingerprint density at radius 3 is 2.33 bits per heavy atom. The van der Waals surface area contributed by atoms with Crippen LogP contribution in [0.25, 0.3) is 0 Å². The van der Waals surface area contributed by atoms with Crippen LogP contribution in [-0.4, -0.2) is 16.0 Å². The highest BCUT2D eigenvalue weighted by molar-refractivity contribution is 6.00. The van der Waals surface area contributed by atoms with E-state index in [1.165, 1.54) is 0 Å². The van der Waals surface area contributed by atoms with E-state index in [2.05, 4.69) is 25.9 Å². The lowest BCUT2D eigenvalue weighted by molar-refractivity contribution is 0.318. The van der Waals surface area contributed by atoms with Gasteiger partial charge in [0, 0.05) is 5.56 Å². The van der Waals surface area contributed by atoms with Crippen LogP contribution < -0.4 is 0 Å². The molecule has 0 amide bonds. The second-order valence-electron chi connectivity index (χ2n) is 4.67. The van der Waals surface area contributed by atoms with Crippen LogP contribution in [0.3, 0.4) is 0 Å². The van der Waals surface area contributed by atoms with Crippen LogP contribution in [-0.2, 0) is 5.41 Å². The first-order chi connectivity index (χ1) is 6.86. The molecule has 3 heteroatoms. The Bertz CT molecular complexity index is 389. The molecule has 0 atom stereocenters. The summed E-state index contributed by atoms with van der Waals surface area (Å²) in [4.78, 5) is 0. The Kier molecular flexibility index (Phi) is 3.03. The van der Waals surface area contributed by atoms with Gasteiger partial charge in [0.25, 0.3) is 0 Å². The van der Waals surface area contributed by atoms with Crippen molar-refractivity contribution in [2.24, 2.45) is 5.16 Å². The molecule has 3 nitrogen and oxygen atoms in total. The van der Waals surface area contributed by atoms with Crippen LogP contribution in [0, 0.1) is 0 Å². The lowest BCUT2D eigenvalue weighted by Crippen LogP contribution is -2.12. The van der Waals surface area contributed by atoms with Crippen molar-refractivity contribution in [1.29, 1.82) is 0 Å². The zero-order valence-corrected chi connectivity index (χ0v) is 9.57. The van der Waals surface area contributed by atoms with Crippen molar-refractivity contribution in [3.8, 4) is 5.75 Å². The van der Waals surface area contributed by atoms with Gasteiger partial charge in [0.1, 0.15) is 5.75 Å². The molecule has 0 radical (unpaired) electrons. The number of phenols is 1. The smallest absolute Gasteiger partial charge is 0.124 e. The minimum absolute atomic E-state index is 0.0121. The Morgan fingerprint density at radius 1 is 1.27 bits per heavy atom. The van der Waals surface area contributed by atoms with Crippen molar-refractivity contribution in [2.45, 2.75) is 33.1 Å². The molecule has 0 saturated heterocycles. The topological polar surface area (TPSA) is 52.8 Å². The molecule has 0 aromatic heterocycles. The Labute approximate surface area is 90.1 Å². The maximum atomic E-state index is 9.61. The molecule has 0 saturated carbocycles. The fraction of sp³-hybridized carbons (Fsp3) is 0.417. The van der Waals surface area contributed by atoms with Crippen molar-refractivity contribution in [3.63, 3.8) is 0 Å². The molecular formula is C12H17NO2. The first-order valence-corrected chi connectivity index (χ1v) is 4.89. The van der Waals surface area contributed by atoms with E-state index in [4.69, 9.17) is 5.21 Å². The summed E-state index contributed by atoms with van der Waals surface area (Å²) in [5.74, 6) is 0.137. The van der Waals surface area contributed by atoms with Gasteiger partial charge in [-0.15, -0.1) is 0 Å². The SMILES string of the molecule is C/C(=N\O)c1cc(C(C)(C)C)ccc1O. The van der Waals surface area contributed by atoms with E-state index in [1.807, 2.05) is 12.1 Å². The summed E-state index contributed by atoms with van der Waals surface area (Å²) in [5, 5.41) is 21.4. The highest BCUT2D eigenvalue weighted by Gasteiger charge is 2.16. The van der Waals surface area contributed by atoms with Crippen molar-refractivity contribution < 1.29 is 10.3 Å². The van der Waals surface area contributed by atoms with Crippen molar-refractivity contribution >= 4 is 5.71 Å². The normalized spacial score (nSPS) is 12.9. The Balaban J connectivity index is 3.29. The monoisotopic (exact) mass is 207 g/mol. The predicted octanol–water partition coefficient (Wildman–Crippen LogP) is 2.89. The molecule has 0 spiro atoms. The van der Waals surface area contributed by atoms with Gasteiger partial charge in [-0.05, 0) is 30.0 Å². The minimum atomic E-state index is 0.0121. The molecule has 1 aromatic carbocycles. The van der Waals surface area contributed by atoms with E-state index < -0.39 is 0 Å². The number of nitrogens with zero attached hydrogens (tertiary/aromatic N) is 1. The number of rotatable bonds is 1. The lowest BCUT2D eigenvalue weighted by atomic mass is 9.85. The molecule has 0 unspecified atom stereocenters. The molecule has 1 aromatic rings. The lowest BCUT2D eigenvalue weighted by Gasteiger charge is -2.20. The van der Waals surface area contributed by atoms with Gasteiger partial charge >= 0.3 is 0 Å². The molecule has 0 heterocycles. The summed E-state index contributed by atoms with van der Waals surface area (Å²) < 4.78 is 0. The summed E-state index contributed by atoms with van der Waals surface area (Å²) in [7, 11) is 0. The number of phenolic OH excluding ortho intramolecular Hbond substituents is 1. The zero-order chi connectivity index (χ0) is 11.6. The van der Waals surface area contributed by atoms with Gasteiger partial charge in [0.05, 0.1) is 5.71 Å². The molecule has 0 aliphatic rings. The van der Waals surface area contributed by atoms with Crippen LogP contribution in [0.4, 0.5) is 0 Å². The molecular weight excluding hydrogens is 190 g/mol. The van der Waals surface area contributed by atoms with E-state index in [0.717, 1.165) is 5.56 Å². The van der Waals surface area contributed by atoms with Gasteiger partial charge in [-0.1, -0.05) is 32.0 Å². The van der Waals surface area contributed by atoms with Gasteiger partial charge < -0.3 is 10.3 Å². The standard InChI is InChI=1S/C12H17NO2/c1-8(13-15)10-7-9(12(2,3)4)5-6-11(10)14/h5-7,14-15H,1-4H3/b13-8+. The second kappa shape index (κ2) is 3.93. The van der Waals surface area contributed by atoms with Crippen LogP contribution >= 0.6 is 0 Å². The average molecular weight is 207 g/mol. The predicted molar refractivity (Wildman–Crippen MR) is 60.8 cm³/mol. The molecule has 82 valence electrons. The third-order valence-corrected chi connectivity index (χ3v) is 2.40. The van der Waals surface area contributed by atoms with Crippen molar-refractivity contribution in [3.05, 3.63) is 29.3 Å². The third kappa shape index (κ3) is 2.49. The van der Waals surface area contributed by atoms with Crippen LogP contribution in [0.5, 0.6) is 5.75 Å². The molecule has 0 fully saturated rings.